The van der Waals surface area contributed by atoms with Crippen LogP contribution >= 0.6 is 0 Å². The molecule has 0 aliphatic carbocycles. The second kappa shape index (κ2) is 6.88. The Balaban J connectivity index is 1.93. The van der Waals surface area contributed by atoms with E-state index >= 15 is 0 Å². The summed E-state index contributed by atoms with van der Waals surface area (Å²) < 4.78 is 77.6. The Morgan fingerprint density at radius 2 is 1.56 bits per heavy atom. The molecule has 1 amide bonds. The van der Waals surface area contributed by atoms with Crippen LogP contribution < -0.4 is 10.6 Å². The van der Waals surface area contributed by atoms with Gasteiger partial charge in [-0.1, -0.05) is 24.3 Å². The van der Waals surface area contributed by atoms with Crippen LogP contribution in [0.1, 0.15) is 28.3 Å². The summed E-state index contributed by atoms with van der Waals surface area (Å²) in [5, 5.41) is 5.10. The Kier molecular flexibility index (Phi) is 4.90. The Morgan fingerprint density at radius 3 is 2.15 bits per heavy atom. The molecule has 3 rings (SSSR count). The molecule has 0 spiro atoms. The van der Waals surface area contributed by atoms with Gasteiger partial charge < -0.3 is 10.6 Å². The fourth-order valence-corrected chi connectivity index (χ4v) is 2.98. The van der Waals surface area contributed by atoms with Crippen LogP contribution in [0.4, 0.5) is 32.0 Å². The van der Waals surface area contributed by atoms with E-state index < -0.39 is 41.1 Å². The highest BCUT2D eigenvalue weighted by atomic mass is 19.4. The first kappa shape index (κ1) is 19.2. The zero-order valence-corrected chi connectivity index (χ0v) is 13.7. The molecular formula is C18H14F6N2O. The molecule has 2 N–H and O–H groups in total. The Bertz CT molecular complexity index is 827. The van der Waals surface area contributed by atoms with Gasteiger partial charge in [0.1, 0.15) is 6.04 Å². The molecule has 3 nitrogen and oxygen atoms in total. The highest BCUT2D eigenvalue weighted by molar-refractivity contribution is 5.96. The molecule has 1 aliphatic heterocycles. The standard InChI is InChI=1S/C18H14F6N2O/c19-17(20,21)11-7-12(18(22,23)24)9-13(8-11)26-16(27)15-14-4-2-1-3-10(14)5-6-25-15/h1-4,7-9,15,25H,5-6H2,(H,26,27). The van der Waals surface area contributed by atoms with Gasteiger partial charge in [0.05, 0.1) is 11.1 Å². The van der Waals surface area contributed by atoms with Crippen molar-refractivity contribution in [1.82, 2.24) is 5.32 Å². The number of carbonyl (C=O) groups excluding carboxylic acids is 1. The molecule has 1 unspecified atom stereocenters. The first-order valence-electron chi connectivity index (χ1n) is 7.97. The van der Waals surface area contributed by atoms with Gasteiger partial charge in [-0.05, 0) is 35.7 Å². The third-order valence-corrected chi connectivity index (χ3v) is 4.23. The number of anilines is 1. The van der Waals surface area contributed by atoms with Crippen LogP contribution in [0, 0.1) is 0 Å². The van der Waals surface area contributed by atoms with E-state index in [1.54, 1.807) is 18.2 Å². The molecule has 1 aliphatic rings. The summed E-state index contributed by atoms with van der Waals surface area (Å²) in [6, 6.07) is 7.15. The van der Waals surface area contributed by atoms with E-state index in [1.807, 2.05) is 6.07 Å². The van der Waals surface area contributed by atoms with E-state index in [9.17, 15) is 31.1 Å². The number of alkyl halides is 6. The Morgan fingerprint density at radius 1 is 0.963 bits per heavy atom. The molecule has 0 aromatic heterocycles. The minimum Gasteiger partial charge on any atom is -0.324 e. The number of amides is 1. The smallest absolute Gasteiger partial charge is 0.324 e. The van der Waals surface area contributed by atoms with Crippen molar-refractivity contribution >= 4 is 11.6 Å². The van der Waals surface area contributed by atoms with Gasteiger partial charge in [-0.25, -0.2) is 0 Å². The minimum atomic E-state index is -4.98. The number of carbonyl (C=O) groups is 1. The fourth-order valence-electron chi connectivity index (χ4n) is 2.98. The number of halogens is 6. The average molecular weight is 388 g/mol. The molecule has 0 radical (unpaired) electrons. The Labute approximate surface area is 150 Å². The third kappa shape index (κ3) is 4.24. The van der Waals surface area contributed by atoms with Crippen molar-refractivity contribution in [2.45, 2.75) is 24.8 Å². The van der Waals surface area contributed by atoms with Crippen LogP contribution in [-0.2, 0) is 23.6 Å². The van der Waals surface area contributed by atoms with Crippen molar-refractivity contribution in [3.05, 3.63) is 64.7 Å². The zero-order chi connectivity index (χ0) is 19.8. The lowest BCUT2D eigenvalue weighted by Crippen LogP contribution is -2.38. The van der Waals surface area contributed by atoms with Crippen molar-refractivity contribution in [3.63, 3.8) is 0 Å². The van der Waals surface area contributed by atoms with Crippen LogP contribution in [0.3, 0.4) is 0 Å². The lowest BCUT2D eigenvalue weighted by Gasteiger charge is -2.26. The van der Waals surface area contributed by atoms with E-state index in [0.717, 1.165) is 5.56 Å². The van der Waals surface area contributed by atoms with Gasteiger partial charge in [-0.15, -0.1) is 0 Å². The number of fused-ring (bicyclic) bond motifs is 1. The van der Waals surface area contributed by atoms with E-state index in [2.05, 4.69) is 10.6 Å². The van der Waals surface area contributed by atoms with Crippen molar-refractivity contribution < 1.29 is 31.1 Å². The van der Waals surface area contributed by atoms with Gasteiger partial charge >= 0.3 is 12.4 Å². The predicted molar refractivity (Wildman–Crippen MR) is 86.0 cm³/mol. The van der Waals surface area contributed by atoms with Gasteiger partial charge in [-0.2, -0.15) is 26.3 Å². The molecule has 0 saturated carbocycles. The highest BCUT2D eigenvalue weighted by Gasteiger charge is 2.37. The fraction of sp³-hybridized carbons (Fsp3) is 0.278. The van der Waals surface area contributed by atoms with E-state index in [-0.39, 0.29) is 6.07 Å². The second-order valence-electron chi connectivity index (χ2n) is 6.12. The monoisotopic (exact) mass is 388 g/mol. The second-order valence-corrected chi connectivity index (χ2v) is 6.12. The lowest BCUT2D eigenvalue weighted by molar-refractivity contribution is -0.143. The topological polar surface area (TPSA) is 41.1 Å². The average Bonchev–Trinajstić information content (AvgIpc) is 2.59. The minimum absolute atomic E-state index is 0.0177. The molecule has 144 valence electrons. The summed E-state index contributed by atoms with van der Waals surface area (Å²) in [7, 11) is 0. The van der Waals surface area contributed by atoms with Crippen molar-refractivity contribution in [2.75, 3.05) is 11.9 Å². The van der Waals surface area contributed by atoms with Crippen molar-refractivity contribution in [2.24, 2.45) is 0 Å². The van der Waals surface area contributed by atoms with Gasteiger partial charge in [0.2, 0.25) is 5.91 Å². The molecule has 27 heavy (non-hydrogen) atoms. The maximum absolute atomic E-state index is 12.9. The van der Waals surface area contributed by atoms with Crippen LogP contribution in [0.5, 0.6) is 0 Å². The first-order valence-corrected chi connectivity index (χ1v) is 7.97. The molecule has 2 aromatic carbocycles. The van der Waals surface area contributed by atoms with Gasteiger partial charge in [-0.3, -0.25) is 4.79 Å². The van der Waals surface area contributed by atoms with E-state index in [1.165, 1.54) is 0 Å². The lowest BCUT2D eigenvalue weighted by atomic mass is 9.94. The summed E-state index contributed by atoms with van der Waals surface area (Å²) in [4.78, 5) is 12.5. The highest BCUT2D eigenvalue weighted by Crippen LogP contribution is 2.37. The van der Waals surface area contributed by atoms with Crippen LogP contribution in [0.25, 0.3) is 0 Å². The van der Waals surface area contributed by atoms with E-state index in [0.29, 0.717) is 30.7 Å². The quantitative estimate of drug-likeness (QED) is 0.742. The summed E-state index contributed by atoms with van der Waals surface area (Å²) in [5.41, 5.74) is -1.98. The van der Waals surface area contributed by atoms with Gasteiger partial charge in [0.15, 0.2) is 0 Å². The molecule has 2 aromatic rings. The summed E-state index contributed by atoms with van der Waals surface area (Å²) in [6.45, 7) is 0.464. The van der Waals surface area contributed by atoms with Crippen LogP contribution in [-0.4, -0.2) is 12.5 Å². The van der Waals surface area contributed by atoms with Gasteiger partial charge in [0.25, 0.3) is 0 Å². The molecular weight excluding hydrogens is 374 g/mol. The van der Waals surface area contributed by atoms with Crippen molar-refractivity contribution in [1.29, 1.82) is 0 Å². The SMILES string of the molecule is O=C(Nc1cc(C(F)(F)F)cc(C(F)(F)F)c1)C1NCCc2ccccc21. The van der Waals surface area contributed by atoms with E-state index in [4.69, 9.17) is 0 Å². The van der Waals surface area contributed by atoms with Crippen LogP contribution in [0.2, 0.25) is 0 Å². The number of rotatable bonds is 2. The summed E-state index contributed by atoms with van der Waals surface area (Å²) >= 11 is 0. The van der Waals surface area contributed by atoms with Gasteiger partial charge in [0, 0.05) is 12.2 Å². The van der Waals surface area contributed by atoms with Crippen LogP contribution in [0.15, 0.2) is 42.5 Å². The molecule has 1 heterocycles. The number of hydrogen-bond donors (Lipinski definition) is 2. The molecule has 1 atom stereocenters. The summed E-state index contributed by atoms with van der Waals surface area (Å²) in [6.07, 6.45) is -9.28. The zero-order valence-electron chi connectivity index (χ0n) is 13.7. The predicted octanol–water partition coefficient (Wildman–Crippen LogP) is 4.55. The third-order valence-electron chi connectivity index (χ3n) is 4.23. The Hall–Kier alpha value is -2.55. The first-order chi connectivity index (χ1) is 12.6. The molecule has 0 bridgehead atoms. The maximum atomic E-state index is 12.9. The maximum Gasteiger partial charge on any atom is 0.416 e. The normalized spacial score (nSPS) is 17.3. The number of hydrogen-bond acceptors (Lipinski definition) is 2. The molecule has 9 heteroatoms. The number of nitrogens with one attached hydrogen (secondary N) is 2. The summed E-state index contributed by atoms with van der Waals surface area (Å²) in [5.74, 6) is -0.727. The van der Waals surface area contributed by atoms with Crippen molar-refractivity contribution in [3.8, 4) is 0 Å². The number of benzene rings is 2. The molecule has 0 fully saturated rings. The molecule has 0 saturated heterocycles. The largest absolute Gasteiger partial charge is 0.416 e.